The van der Waals surface area contributed by atoms with E-state index in [9.17, 15) is 8.42 Å². The molecule has 0 unspecified atom stereocenters. The van der Waals surface area contributed by atoms with Crippen LogP contribution in [0.5, 0.6) is 0 Å². The van der Waals surface area contributed by atoms with Crippen molar-refractivity contribution >= 4 is 72.6 Å². The van der Waals surface area contributed by atoms with Crippen LogP contribution in [0.3, 0.4) is 0 Å². The van der Waals surface area contributed by atoms with Crippen molar-refractivity contribution in [3.8, 4) is 0 Å². The summed E-state index contributed by atoms with van der Waals surface area (Å²) in [5.41, 5.74) is 7.19. The van der Waals surface area contributed by atoms with Crippen LogP contribution in [0.15, 0.2) is 51.5 Å². The molecule has 2 aromatic carbocycles. The van der Waals surface area contributed by atoms with Crippen LogP contribution >= 0.6 is 24.4 Å². The van der Waals surface area contributed by atoms with Gasteiger partial charge in [0, 0.05) is 32.2 Å². The number of fused-ring (bicyclic) bond motifs is 1. The van der Waals surface area contributed by atoms with Crippen LogP contribution in [0, 0.1) is 0 Å². The van der Waals surface area contributed by atoms with Gasteiger partial charge in [0.15, 0.2) is 5.11 Å². The molecule has 12 heteroatoms. The van der Waals surface area contributed by atoms with E-state index in [1.165, 1.54) is 0 Å². The normalized spacial score (nSPS) is 12.3. The lowest BCUT2D eigenvalue weighted by molar-refractivity contribution is 0.592. The van der Waals surface area contributed by atoms with E-state index in [0.29, 0.717) is 16.5 Å². The summed E-state index contributed by atoms with van der Waals surface area (Å²) in [5.74, 6) is 0. The van der Waals surface area contributed by atoms with Crippen molar-refractivity contribution in [2.75, 3.05) is 26.0 Å². The highest BCUT2D eigenvalue weighted by Gasteiger charge is 2.17. The summed E-state index contributed by atoms with van der Waals surface area (Å²) in [7, 11) is 1.66. The molecule has 2 aromatic rings. The molecule has 0 amide bonds. The molecular formula is C19H25N7O2S3. The smallest absolute Gasteiger partial charge is 0.263 e. The third kappa shape index (κ3) is 6.57. The van der Waals surface area contributed by atoms with Gasteiger partial charge in [-0.2, -0.15) is 10.2 Å². The molecule has 0 saturated heterocycles. The van der Waals surface area contributed by atoms with Crippen molar-refractivity contribution in [1.82, 2.24) is 20.9 Å². The fourth-order valence-corrected chi connectivity index (χ4v) is 3.85. The third-order valence-electron chi connectivity index (χ3n) is 4.25. The quantitative estimate of drug-likeness (QED) is 0.283. The van der Waals surface area contributed by atoms with Gasteiger partial charge >= 0.3 is 0 Å². The molecule has 0 aliphatic heterocycles. The Kier molecular flexibility index (Phi) is 8.25. The first-order valence-corrected chi connectivity index (χ1v) is 11.4. The molecule has 0 bridgehead atoms. The van der Waals surface area contributed by atoms with Crippen LogP contribution in [-0.4, -0.2) is 51.2 Å². The number of hydrogen-bond acceptors (Lipinski definition) is 7. The molecule has 0 aromatic heterocycles. The summed E-state index contributed by atoms with van der Waals surface area (Å²) in [6.07, 6.45) is 0. The number of thiocarbonyl (C=S) groups is 2. The van der Waals surface area contributed by atoms with Gasteiger partial charge in [0.25, 0.3) is 10.0 Å². The molecule has 0 aliphatic rings. The monoisotopic (exact) mass is 479 g/mol. The lowest BCUT2D eigenvalue weighted by atomic mass is 10.1. The molecule has 0 aliphatic carbocycles. The van der Waals surface area contributed by atoms with E-state index in [1.54, 1.807) is 39.1 Å². The molecule has 0 radical (unpaired) electrons. The molecule has 0 saturated carbocycles. The average molecular weight is 480 g/mol. The van der Waals surface area contributed by atoms with Crippen LogP contribution in [0.1, 0.15) is 13.8 Å². The fourth-order valence-electron chi connectivity index (χ4n) is 2.49. The number of nitrogens with zero attached hydrogens (tertiary/aromatic N) is 3. The Morgan fingerprint density at radius 1 is 0.968 bits per heavy atom. The highest BCUT2D eigenvalue weighted by Crippen LogP contribution is 2.27. The molecule has 166 valence electrons. The minimum atomic E-state index is -3.88. The lowest BCUT2D eigenvalue weighted by Crippen LogP contribution is -2.37. The van der Waals surface area contributed by atoms with Crippen LogP contribution in [0.2, 0.25) is 0 Å². The second-order valence-electron chi connectivity index (χ2n) is 6.69. The number of nitrogens with one attached hydrogen (secondary N) is 4. The Morgan fingerprint density at radius 2 is 1.58 bits per heavy atom. The summed E-state index contributed by atoms with van der Waals surface area (Å²) in [6, 6.07) is 10.6. The van der Waals surface area contributed by atoms with Crippen LogP contribution in [0.4, 0.5) is 5.69 Å². The third-order valence-corrected chi connectivity index (χ3v) is 6.21. The first-order valence-electron chi connectivity index (χ1n) is 9.14. The number of hydrazone groups is 2. The standard InChI is InChI=1S/C19H25N7O2S3/c1-12(21-23-18(29)20-3)13(2)22-24-19(30)25-31(27,28)15-9-10-16-14(11-15)7-6-8-17(16)26(4)5/h6-11H,1-5H3,(H2,20,23,29)(H2,24,25,30)/b21-12+,22-13+. The maximum absolute atomic E-state index is 12.7. The Bertz CT molecular complexity index is 1160. The second-order valence-corrected chi connectivity index (χ2v) is 9.19. The average Bonchev–Trinajstić information content (AvgIpc) is 2.74. The Hall–Kier alpha value is -2.83. The molecule has 0 heterocycles. The topological polar surface area (TPSA) is 110 Å². The van der Waals surface area contributed by atoms with Gasteiger partial charge in [-0.05, 0) is 61.9 Å². The van der Waals surface area contributed by atoms with Crippen molar-refractivity contribution in [3.05, 3.63) is 36.4 Å². The van der Waals surface area contributed by atoms with Crippen LogP contribution < -0.4 is 25.8 Å². The zero-order valence-electron chi connectivity index (χ0n) is 17.8. The van der Waals surface area contributed by atoms with Gasteiger partial charge in [0.05, 0.1) is 16.3 Å². The van der Waals surface area contributed by atoms with E-state index in [0.717, 1.165) is 16.5 Å². The molecular weight excluding hydrogens is 454 g/mol. The van der Waals surface area contributed by atoms with Crippen molar-refractivity contribution in [2.24, 2.45) is 10.2 Å². The second kappa shape index (κ2) is 10.5. The van der Waals surface area contributed by atoms with Gasteiger partial charge < -0.3 is 10.2 Å². The number of sulfonamides is 1. The Morgan fingerprint density at radius 3 is 2.16 bits per heavy atom. The summed E-state index contributed by atoms with van der Waals surface area (Å²) in [4.78, 5) is 2.07. The molecule has 4 N–H and O–H groups in total. The maximum Gasteiger partial charge on any atom is 0.263 e. The van der Waals surface area contributed by atoms with Crippen molar-refractivity contribution < 1.29 is 8.42 Å². The van der Waals surface area contributed by atoms with Gasteiger partial charge in [0.2, 0.25) is 5.11 Å². The summed E-state index contributed by atoms with van der Waals surface area (Å²) in [5, 5.41) is 12.8. The van der Waals surface area contributed by atoms with E-state index >= 15 is 0 Å². The summed E-state index contributed by atoms with van der Waals surface area (Å²) >= 11 is 10.0. The van der Waals surface area contributed by atoms with Gasteiger partial charge in [0.1, 0.15) is 0 Å². The largest absolute Gasteiger partial charge is 0.377 e. The van der Waals surface area contributed by atoms with Gasteiger partial charge in [-0.25, -0.2) is 8.42 Å². The van der Waals surface area contributed by atoms with Gasteiger partial charge in [-0.1, -0.05) is 18.2 Å². The van der Waals surface area contributed by atoms with Crippen molar-refractivity contribution in [3.63, 3.8) is 0 Å². The minimum Gasteiger partial charge on any atom is -0.377 e. The first kappa shape index (κ1) is 24.4. The maximum atomic E-state index is 12.7. The number of rotatable bonds is 6. The van der Waals surface area contributed by atoms with E-state index in [1.807, 2.05) is 37.2 Å². The predicted octanol–water partition coefficient (Wildman–Crippen LogP) is 1.90. The van der Waals surface area contributed by atoms with Gasteiger partial charge in [-0.3, -0.25) is 15.6 Å². The van der Waals surface area contributed by atoms with Gasteiger partial charge in [-0.15, -0.1) is 0 Å². The molecule has 9 nitrogen and oxygen atoms in total. The number of anilines is 1. The summed E-state index contributed by atoms with van der Waals surface area (Å²) in [6.45, 7) is 3.41. The van der Waals surface area contributed by atoms with E-state index < -0.39 is 10.0 Å². The molecule has 0 spiro atoms. The van der Waals surface area contributed by atoms with Crippen molar-refractivity contribution in [1.29, 1.82) is 0 Å². The zero-order chi connectivity index (χ0) is 23.2. The summed E-state index contributed by atoms with van der Waals surface area (Å²) < 4.78 is 27.8. The van der Waals surface area contributed by atoms with E-state index in [4.69, 9.17) is 24.4 Å². The lowest BCUT2D eigenvalue weighted by Gasteiger charge is -2.16. The highest BCUT2D eigenvalue weighted by molar-refractivity contribution is 7.91. The molecule has 0 fully saturated rings. The highest BCUT2D eigenvalue weighted by atomic mass is 32.2. The van der Waals surface area contributed by atoms with E-state index in [-0.39, 0.29) is 10.0 Å². The number of benzene rings is 2. The predicted molar refractivity (Wildman–Crippen MR) is 135 cm³/mol. The molecule has 31 heavy (non-hydrogen) atoms. The van der Waals surface area contributed by atoms with Crippen LogP contribution in [-0.2, 0) is 10.0 Å². The molecule has 2 rings (SSSR count). The number of hydrogen-bond donors (Lipinski definition) is 4. The minimum absolute atomic E-state index is 0.100. The van der Waals surface area contributed by atoms with E-state index in [2.05, 4.69) is 31.1 Å². The first-order chi connectivity index (χ1) is 14.5. The van der Waals surface area contributed by atoms with Crippen molar-refractivity contribution in [2.45, 2.75) is 18.7 Å². The Labute approximate surface area is 193 Å². The molecule has 0 atom stereocenters. The Balaban J connectivity index is 2.13. The van der Waals surface area contributed by atoms with Crippen LogP contribution in [0.25, 0.3) is 10.8 Å². The fraction of sp³-hybridized carbons (Fsp3) is 0.263. The SMILES string of the molecule is CNC(=S)N/N=C(C)/C(C)=N/NC(=S)NS(=O)(=O)c1ccc2c(N(C)C)cccc2c1. The zero-order valence-corrected chi connectivity index (χ0v) is 20.3.